The number of hydrogen-bond donors (Lipinski definition) is 0. The van der Waals surface area contributed by atoms with E-state index >= 15 is 0 Å². The molecular weight excluding hydrogens is 504 g/mol. The highest BCUT2D eigenvalue weighted by molar-refractivity contribution is 8.10. The minimum atomic E-state index is -6.66. The Morgan fingerprint density at radius 3 is 1.24 bits per heavy atom. The topological polar surface area (TPSA) is 147 Å². The zero-order valence-electron chi connectivity index (χ0n) is 18.6. The van der Waals surface area contributed by atoms with Gasteiger partial charge in [-0.3, -0.25) is 4.79 Å². The second-order valence-electron chi connectivity index (χ2n) is 7.54. The molecule has 194 valence electrons. The van der Waals surface area contributed by atoms with Crippen molar-refractivity contribution in [3.63, 3.8) is 0 Å². The van der Waals surface area contributed by atoms with Gasteiger partial charge in [0.25, 0.3) is 0 Å². The molecule has 0 aliphatic carbocycles. The molecule has 0 rings (SSSR count). The molecule has 0 aromatic rings. The molecule has 0 fully saturated rings. The molecule has 0 spiro atoms. The van der Waals surface area contributed by atoms with Crippen LogP contribution < -0.4 is 0 Å². The van der Waals surface area contributed by atoms with Crippen molar-refractivity contribution in [2.75, 3.05) is 0 Å². The molecular formula is C17H26F4O10S2. The molecule has 0 unspecified atom stereocenters. The predicted molar refractivity (Wildman–Crippen MR) is 104 cm³/mol. The molecule has 0 aliphatic rings. The summed E-state index contributed by atoms with van der Waals surface area (Å²) in [5.41, 5.74) is 0. The van der Waals surface area contributed by atoms with Crippen LogP contribution in [0.4, 0.5) is 17.6 Å². The molecule has 0 heterocycles. The molecule has 0 bridgehead atoms. The zero-order valence-corrected chi connectivity index (χ0v) is 20.3. The van der Waals surface area contributed by atoms with Gasteiger partial charge in [-0.25, -0.2) is 26.4 Å². The van der Waals surface area contributed by atoms with Gasteiger partial charge in [0.1, 0.15) is 0 Å². The number of ether oxygens (including phenoxy) is 3. The summed E-state index contributed by atoms with van der Waals surface area (Å²) < 4.78 is 117. The molecule has 0 radical (unpaired) electrons. The first kappa shape index (κ1) is 31.0. The van der Waals surface area contributed by atoms with Crippen LogP contribution in [0, 0.1) is 0 Å². The van der Waals surface area contributed by atoms with Crippen LogP contribution in [0.15, 0.2) is 0 Å². The van der Waals surface area contributed by atoms with Gasteiger partial charge >= 0.3 is 28.4 Å². The van der Waals surface area contributed by atoms with Gasteiger partial charge in [0.05, 0.1) is 18.3 Å². The number of alkyl halides is 4. The summed E-state index contributed by atoms with van der Waals surface area (Å²) in [6.45, 7) is 6.93. The van der Waals surface area contributed by atoms with Crippen molar-refractivity contribution in [2.24, 2.45) is 0 Å². The summed E-state index contributed by atoms with van der Waals surface area (Å²) in [7, 11) is -13.3. The Labute approximate surface area is 188 Å². The third-order valence-corrected chi connectivity index (χ3v) is 8.66. The quantitative estimate of drug-likeness (QED) is 0.208. The number of halogens is 4. The van der Waals surface area contributed by atoms with Crippen LogP contribution in [0.2, 0.25) is 0 Å². The zero-order chi connectivity index (χ0) is 26.6. The lowest BCUT2D eigenvalue weighted by molar-refractivity contribution is -0.165. The number of hydrogen-bond acceptors (Lipinski definition) is 10. The fourth-order valence-corrected chi connectivity index (χ4v) is 6.30. The van der Waals surface area contributed by atoms with Crippen LogP contribution in [0.3, 0.4) is 0 Å². The largest absolute Gasteiger partial charge is 0.463 e. The molecule has 0 amide bonds. The van der Waals surface area contributed by atoms with Crippen LogP contribution in [0.1, 0.15) is 54.4 Å². The Morgan fingerprint density at radius 1 is 0.667 bits per heavy atom. The Hall–Kier alpha value is -1.97. The molecule has 10 nitrogen and oxygen atoms in total. The molecule has 0 saturated carbocycles. The Kier molecular flexibility index (Phi) is 10.3. The number of sulfone groups is 2. The van der Waals surface area contributed by atoms with E-state index in [0.29, 0.717) is 0 Å². The van der Waals surface area contributed by atoms with Crippen LogP contribution in [0.5, 0.6) is 0 Å². The molecule has 0 aromatic heterocycles. The van der Waals surface area contributed by atoms with Gasteiger partial charge in [-0.1, -0.05) is 0 Å². The highest BCUT2D eigenvalue weighted by Crippen LogP contribution is 2.38. The fourth-order valence-electron chi connectivity index (χ4n) is 2.16. The van der Waals surface area contributed by atoms with Crippen LogP contribution in [-0.4, -0.2) is 68.1 Å². The van der Waals surface area contributed by atoms with Crippen LogP contribution in [-0.2, 0) is 48.3 Å². The van der Waals surface area contributed by atoms with Gasteiger partial charge < -0.3 is 14.2 Å². The van der Waals surface area contributed by atoms with Gasteiger partial charge in [0, 0.05) is 6.42 Å². The third-order valence-electron chi connectivity index (χ3n) is 3.52. The second-order valence-corrected chi connectivity index (χ2v) is 12.2. The number of rotatable bonds is 12. The summed E-state index contributed by atoms with van der Waals surface area (Å²) in [4.78, 5) is 35.0. The lowest BCUT2D eigenvalue weighted by atomic mass is 10.3. The smallest absolute Gasteiger partial charge is 0.441 e. The van der Waals surface area contributed by atoms with Crippen LogP contribution >= 0.6 is 0 Å². The molecule has 0 atom stereocenters. The average molecular weight is 531 g/mol. The highest BCUT2D eigenvalue weighted by atomic mass is 32.3. The number of carbonyl (C=O) groups excluding carboxylic acids is 3. The average Bonchev–Trinajstić information content (AvgIpc) is 2.59. The Morgan fingerprint density at radius 2 is 0.970 bits per heavy atom. The maximum absolute atomic E-state index is 14.5. The van der Waals surface area contributed by atoms with Crippen molar-refractivity contribution in [2.45, 2.75) is 87.8 Å². The summed E-state index contributed by atoms with van der Waals surface area (Å²) in [6.07, 6.45) is -6.26. The molecule has 0 aliphatic heterocycles. The maximum Gasteiger partial charge on any atom is 0.441 e. The van der Waals surface area contributed by atoms with E-state index in [1.165, 1.54) is 13.8 Å². The van der Waals surface area contributed by atoms with E-state index in [-0.39, 0.29) is 0 Å². The van der Waals surface area contributed by atoms with E-state index in [2.05, 4.69) is 14.2 Å². The summed E-state index contributed by atoms with van der Waals surface area (Å²) >= 11 is 0. The number of esters is 3. The molecule has 0 saturated heterocycles. The van der Waals surface area contributed by atoms with Crippen molar-refractivity contribution in [3.05, 3.63) is 0 Å². The van der Waals surface area contributed by atoms with Gasteiger partial charge in [-0.05, 0) is 48.0 Å². The van der Waals surface area contributed by atoms with E-state index in [4.69, 9.17) is 0 Å². The van der Waals surface area contributed by atoms with Crippen molar-refractivity contribution in [3.8, 4) is 0 Å². The van der Waals surface area contributed by atoms with Crippen molar-refractivity contribution >= 4 is 37.6 Å². The van der Waals surface area contributed by atoms with E-state index in [0.717, 1.165) is 27.7 Å². The van der Waals surface area contributed by atoms with E-state index < -0.39 is 83.8 Å². The van der Waals surface area contributed by atoms with Gasteiger partial charge in [-0.2, -0.15) is 17.6 Å². The fraction of sp³-hybridized carbons (Fsp3) is 0.824. The lowest BCUT2D eigenvalue weighted by Crippen LogP contribution is -2.53. The van der Waals surface area contributed by atoms with Crippen molar-refractivity contribution in [1.29, 1.82) is 0 Å². The molecule has 16 heteroatoms. The number of carbonyl (C=O) groups is 3. The first-order valence-electron chi connectivity index (χ1n) is 9.46. The summed E-state index contributed by atoms with van der Waals surface area (Å²) in [5.74, 6) is -6.76. The van der Waals surface area contributed by atoms with E-state index in [1.54, 1.807) is 0 Å². The van der Waals surface area contributed by atoms with Gasteiger partial charge in [-0.15, -0.1) is 0 Å². The molecule has 0 N–H and O–H groups in total. The standard InChI is InChI=1S/C17H26F4O10S2/c1-9(2)29-12(22)7-8-13(32(25,26)16(18,19)14(23)30-10(3)4)33(27,28)17(20,21)15(24)31-11(5)6/h9-11,13H,7-8H2,1-6H3. The van der Waals surface area contributed by atoms with Crippen molar-refractivity contribution in [1.82, 2.24) is 0 Å². The minimum absolute atomic E-state index is 0.797. The predicted octanol–water partition coefficient (Wildman–Crippen LogP) is 1.96. The molecule has 33 heavy (non-hydrogen) atoms. The monoisotopic (exact) mass is 530 g/mol. The first-order valence-corrected chi connectivity index (χ1v) is 12.6. The summed E-state index contributed by atoms with van der Waals surface area (Å²) in [5, 5.41) is -11.2. The summed E-state index contributed by atoms with van der Waals surface area (Å²) in [6, 6.07) is 0. The SMILES string of the molecule is CC(C)OC(=O)CCC(S(=O)(=O)C(F)(F)C(=O)OC(C)C)S(=O)(=O)C(F)(F)C(=O)OC(C)C. The minimum Gasteiger partial charge on any atom is -0.463 e. The molecule has 0 aromatic carbocycles. The van der Waals surface area contributed by atoms with Crippen molar-refractivity contribution < 1.29 is 63.0 Å². The lowest BCUT2D eigenvalue weighted by Gasteiger charge is -2.26. The van der Waals surface area contributed by atoms with Crippen LogP contribution in [0.25, 0.3) is 0 Å². The second kappa shape index (κ2) is 11.0. The Balaban J connectivity index is 6.59. The first-order chi connectivity index (χ1) is 14.6. The van der Waals surface area contributed by atoms with Gasteiger partial charge in [0.15, 0.2) is 4.58 Å². The third kappa shape index (κ3) is 7.25. The van der Waals surface area contributed by atoms with E-state index in [1.807, 2.05) is 0 Å². The van der Waals surface area contributed by atoms with E-state index in [9.17, 15) is 48.8 Å². The maximum atomic E-state index is 14.5. The normalized spacial score (nSPS) is 13.5. The Bertz CT molecular complexity index is 877. The highest BCUT2D eigenvalue weighted by Gasteiger charge is 2.67. The van der Waals surface area contributed by atoms with Gasteiger partial charge in [0.2, 0.25) is 19.7 Å².